The summed E-state index contributed by atoms with van der Waals surface area (Å²) in [6, 6.07) is 0.649. The molecule has 1 heterocycles. The lowest BCUT2D eigenvalue weighted by Gasteiger charge is -2.18. The van der Waals surface area contributed by atoms with Gasteiger partial charge in [0.05, 0.1) is 11.6 Å². The van der Waals surface area contributed by atoms with E-state index >= 15 is 0 Å². The maximum atomic E-state index is 12.0. The van der Waals surface area contributed by atoms with Gasteiger partial charge in [-0.2, -0.15) is 0 Å². The van der Waals surface area contributed by atoms with Crippen molar-refractivity contribution in [2.24, 2.45) is 5.92 Å². The molecule has 1 aromatic rings. The molecular weight excluding hydrogens is 289 g/mol. The van der Waals surface area contributed by atoms with Crippen LogP contribution in [0.15, 0.2) is 17.1 Å². The van der Waals surface area contributed by atoms with Crippen LogP contribution in [0.5, 0.6) is 0 Å². The van der Waals surface area contributed by atoms with Crippen molar-refractivity contribution in [1.82, 2.24) is 4.57 Å². The Bertz CT molecular complexity index is 511. The van der Waals surface area contributed by atoms with Crippen LogP contribution in [0, 0.1) is 5.92 Å². The van der Waals surface area contributed by atoms with Crippen LogP contribution >= 0.6 is 23.2 Å². The lowest BCUT2D eigenvalue weighted by molar-refractivity contribution is -0.149. The normalized spacial score (nSPS) is 12.5. The molecule has 0 radical (unpaired) electrons. The number of aromatic nitrogens is 1. The number of halogens is 2. The molecule has 0 aliphatic heterocycles. The average molecular weight is 306 g/mol. The summed E-state index contributed by atoms with van der Waals surface area (Å²) in [6.07, 6.45) is 1.83. The van der Waals surface area contributed by atoms with Gasteiger partial charge in [0.15, 0.2) is 0 Å². The van der Waals surface area contributed by atoms with Gasteiger partial charge in [0, 0.05) is 6.20 Å². The Morgan fingerprint density at radius 2 is 2.05 bits per heavy atom. The first kappa shape index (κ1) is 16.1. The van der Waals surface area contributed by atoms with Crippen molar-refractivity contribution in [1.29, 1.82) is 0 Å². The first-order valence-corrected chi connectivity index (χ1v) is 6.86. The Balaban J connectivity index is 3.03. The molecule has 4 nitrogen and oxygen atoms in total. The Hall–Kier alpha value is -1.00. The fourth-order valence-electron chi connectivity index (χ4n) is 1.59. The Morgan fingerprint density at radius 1 is 1.42 bits per heavy atom. The van der Waals surface area contributed by atoms with Crippen LogP contribution in [-0.4, -0.2) is 17.1 Å². The SMILES string of the molecule is CCC(C(=O)OCC(C)C)n1cc(Cl)cc(Cl)c1=O. The fraction of sp³-hybridized carbons (Fsp3) is 0.538. The summed E-state index contributed by atoms with van der Waals surface area (Å²) >= 11 is 11.6. The maximum Gasteiger partial charge on any atom is 0.329 e. The number of carbonyl (C=O) groups excluding carboxylic acids is 1. The molecule has 1 rings (SSSR count). The molecule has 6 heteroatoms. The Morgan fingerprint density at radius 3 is 2.58 bits per heavy atom. The monoisotopic (exact) mass is 305 g/mol. The van der Waals surface area contributed by atoms with Gasteiger partial charge in [0.25, 0.3) is 5.56 Å². The van der Waals surface area contributed by atoms with Crippen LogP contribution < -0.4 is 5.56 Å². The summed E-state index contributed by atoms with van der Waals surface area (Å²) in [5.41, 5.74) is -0.445. The largest absolute Gasteiger partial charge is 0.464 e. The summed E-state index contributed by atoms with van der Waals surface area (Å²) in [7, 11) is 0. The molecule has 0 N–H and O–H groups in total. The van der Waals surface area contributed by atoms with Crippen LogP contribution in [-0.2, 0) is 9.53 Å². The van der Waals surface area contributed by atoms with Crippen LogP contribution in [0.4, 0.5) is 0 Å². The van der Waals surface area contributed by atoms with Crippen molar-refractivity contribution in [3.8, 4) is 0 Å². The van der Waals surface area contributed by atoms with Gasteiger partial charge in [-0.05, 0) is 18.4 Å². The molecule has 0 saturated carbocycles. The molecule has 0 spiro atoms. The highest BCUT2D eigenvalue weighted by Crippen LogP contribution is 2.18. The van der Waals surface area contributed by atoms with E-state index in [9.17, 15) is 9.59 Å². The second-order valence-electron chi connectivity index (χ2n) is 4.67. The van der Waals surface area contributed by atoms with Crippen LogP contribution in [0.1, 0.15) is 33.2 Å². The molecule has 0 amide bonds. The van der Waals surface area contributed by atoms with Gasteiger partial charge in [-0.1, -0.05) is 44.0 Å². The van der Waals surface area contributed by atoms with E-state index in [1.54, 1.807) is 6.92 Å². The summed E-state index contributed by atoms with van der Waals surface area (Å²) in [6.45, 7) is 5.99. The molecule has 1 unspecified atom stereocenters. The molecule has 0 saturated heterocycles. The molecule has 106 valence electrons. The highest BCUT2D eigenvalue weighted by Gasteiger charge is 2.22. The summed E-state index contributed by atoms with van der Waals surface area (Å²) in [4.78, 5) is 23.9. The van der Waals surface area contributed by atoms with Gasteiger partial charge in [-0.25, -0.2) is 4.79 Å². The molecular formula is C13H17Cl2NO3. The molecule has 1 aromatic heterocycles. The number of esters is 1. The minimum absolute atomic E-state index is 0.0115. The third kappa shape index (κ3) is 4.25. The quantitative estimate of drug-likeness (QED) is 0.784. The van der Waals surface area contributed by atoms with Crippen molar-refractivity contribution in [3.05, 3.63) is 32.7 Å². The lowest BCUT2D eigenvalue weighted by Crippen LogP contribution is -2.31. The minimum atomic E-state index is -0.706. The number of nitrogens with zero attached hydrogens (tertiary/aromatic N) is 1. The zero-order valence-corrected chi connectivity index (χ0v) is 12.7. The van der Waals surface area contributed by atoms with E-state index in [2.05, 4.69) is 0 Å². The number of pyridine rings is 1. The van der Waals surface area contributed by atoms with E-state index in [1.807, 2.05) is 13.8 Å². The Labute approximate surface area is 122 Å². The van der Waals surface area contributed by atoms with E-state index in [1.165, 1.54) is 16.8 Å². The molecule has 0 bridgehead atoms. The van der Waals surface area contributed by atoms with Gasteiger partial charge in [-0.3, -0.25) is 9.36 Å². The van der Waals surface area contributed by atoms with E-state index < -0.39 is 17.6 Å². The molecule has 0 aliphatic rings. The van der Waals surface area contributed by atoms with Crippen molar-refractivity contribution < 1.29 is 9.53 Å². The summed E-state index contributed by atoms with van der Waals surface area (Å²) in [5.74, 6) is -0.210. The predicted octanol–water partition coefficient (Wildman–Crippen LogP) is 3.31. The van der Waals surface area contributed by atoms with E-state index in [4.69, 9.17) is 27.9 Å². The lowest BCUT2D eigenvalue weighted by atomic mass is 10.2. The number of carbonyl (C=O) groups is 1. The van der Waals surface area contributed by atoms with E-state index in [0.29, 0.717) is 18.1 Å². The highest BCUT2D eigenvalue weighted by atomic mass is 35.5. The number of hydrogen-bond donors (Lipinski definition) is 0. The van der Waals surface area contributed by atoms with Crippen LogP contribution in [0.2, 0.25) is 10.0 Å². The molecule has 1 atom stereocenters. The van der Waals surface area contributed by atoms with Crippen molar-refractivity contribution in [3.63, 3.8) is 0 Å². The van der Waals surface area contributed by atoms with E-state index in [-0.39, 0.29) is 10.9 Å². The second-order valence-corrected chi connectivity index (χ2v) is 5.51. The summed E-state index contributed by atoms with van der Waals surface area (Å²) in [5, 5.41) is 0.294. The van der Waals surface area contributed by atoms with Gasteiger partial charge in [-0.15, -0.1) is 0 Å². The second kappa shape index (κ2) is 6.96. The van der Waals surface area contributed by atoms with Crippen molar-refractivity contribution >= 4 is 29.2 Å². The maximum absolute atomic E-state index is 12.0. The molecule has 0 fully saturated rings. The van der Waals surface area contributed by atoms with Gasteiger partial charge in [0.2, 0.25) is 0 Å². The molecule has 0 aliphatic carbocycles. The standard InChI is InChI=1S/C13H17Cl2NO3/c1-4-11(13(18)19-7-8(2)3)16-6-9(14)5-10(15)12(16)17/h5-6,8,11H,4,7H2,1-3H3. The zero-order valence-electron chi connectivity index (χ0n) is 11.2. The van der Waals surface area contributed by atoms with Crippen molar-refractivity contribution in [2.75, 3.05) is 6.61 Å². The van der Waals surface area contributed by atoms with Gasteiger partial charge in [0.1, 0.15) is 11.1 Å². The smallest absolute Gasteiger partial charge is 0.329 e. The predicted molar refractivity (Wildman–Crippen MR) is 75.8 cm³/mol. The zero-order chi connectivity index (χ0) is 14.6. The molecule has 19 heavy (non-hydrogen) atoms. The number of hydrogen-bond acceptors (Lipinski definition) is 3. The molecule has 0 aromatic carbocycles. The number of ether oxygens (including phenoxy) is 1. The third-order valence-corrected chi connectivity index (χ3v) is 3.00. The van der Waals surface area contributed by atoms with E-state index in [0.717, 1.165) is 0 Å². The third-order valence-electron chi connectivity index (χ3n) is 2.52. The van der Waals surface area contributed by atoms with Crippen LogP contribution in [0.3, 0.4) is 0 Å². The number of rotatable bonds is 5. The van der Waals surface area contributed by atoms with Gasteiger partial charge >= 0.3 is 5.97 Å². The summed E-state index contributed by atoms with van der Waals surface area (Å²) < 4.78 is 6.39. The average Bonchev–Trinajstić information content (AvgIpc) is 2.33. The van der Waals surface area contributed by atoms with Crippen LogP contribution in [0.25, 0.3) is 0 Å². The highest BCUT2D eigenvalue weighted by molar-refractivity contribution is 6.34. The first-order valence-electron chi connectivity index (χ1n) is 6.10. The first-order chi connectivity index (χ1) is 8.86. The van der Waals surface area contributed by atoms with Gasteiger partial charge < -0.3 is 4.74 Å². The fourth-order valence-corrected chi connectivity index (χ4v) is 2.07. The topological polar surface area (TPSA) is 48.3 Å². The minimum Gasteiger partial charge on any atom is -0.464 e. The Kier molecular flexibility index (Phi) is 5.88. The van der Waals surface area contributed by atoms with Crippen molar-refractivity contribution in [2.45, 2.75) is 33.2 Å².